The highest BCUT2D eigenvalue weighted by atomic mass is 16.4. The summed E-state index contributed by atoms with van der Waals surface area (Å²) in [4.78, 5) is 10.3. The van der Waals surface area contributed by atoms with Crippen molar-refractivity contribution in [2.45, 2.75) is 70.8 Å². The standard InChI is InChI=1S/C14H27NO2/c1-12-6-5-7-13(10-9-12)15-11-4-2-3-8-14(16)17/h12-13,15H,2-11H2,1H3,(H,16,17). The van der Waals surface area contributed by atoms with Crippen LogP contribution in [0.2, 0.25) is 0 Å². The lowest BCUT2D eigenvalue weighted by molar-refractivity contribution is -0.137. The summed E-state index contributed by atoms with van der Waals surface area (Å²) in [6, 6.07) is 0.708. The Morgan fingerprint density at radius 2 is 2.00 bits per heavy atom. The summed E-state index contributed by atoms with van der Waals surface area (Å²) in [6.07, 6.45) is 10.0. The van der Waals surface area contributed by atoms with E-state index < -0.39 is 5.97 Å². The van der Waals surface area contributed by atoms with Crippen LogP contribution in [0.5, 0.6) is 0 Å². The highest BCUT2D eigenvalue weighted by molar-refractivity contribution is 5.66. The number of hydrogen-bond donors (Lipinski definition) is 2. The Balaban J connectivity index is 1.96. The van der Waals surface area contributed by atoms with Crippen LogP contribution in [0.25, 0.3) is 0 Å². The Kier molecular flexibility index (Phi) is 7.25. The summed E-state index contributed by atoms with van der Waals surface area (Å²) < 4.78 is 0. The second-order valence-corrected chi connectivity index (χ2v) is 5.47. The lowest BCUT2D eigenvalue weighted by atomic mass is 10.0. The molecule has 3 nitrogen and oxygen atoms in total. The molecule has 3 heteroatoms. The van der Waals surface area contributed by atoms with Crippen molar-refractivity contribution < 1.29 is 9.90 Å². The Hall–Kier alpha value is -0.570. The van der Waals surface area contributed by atoms with E-state index in [1.165, 1.54) is 32.1 Å². The molecule has 0 bridgehead atoms. The van der Waals surface area contributed by atoms with Crippen molar-refractivity contribution in [1.29, 1.82) is 0 Å². The number of carbonyl (C=O) groups is 1. The zero-order valence-electron chi connectivity index (χ0n) is 11.1. The predicted octanol–water partition coefficient (Wildman–Crippen LogP) is 3.19. The van der Waals surface area contributed by atoms with Gasteiger partial charge in [0.25, 0.3) is 0 Å². The minimum absolute atomic E-state index is 0.320. The van der Waals surface area contributed by atoms with Crippen molar-refractivity contribution in [3.8, 4) is 0 Å². The van der Waals surface area contributed by atoms with Crippen LogP contribution < -0.4 is 5.32 Å². The molecule has 0 aliphatic heterocycles. The molecule has 0 aromatic carbocycles. The molecule has 0 aromatic rings. The van der Waals surface area contributed by atoms with Crippen LogP contribution in [0.15, 0.2) is 0 Å². The largest absolute Gasteiger partial charge is 0.481 e. The second kappa shape index (κ2) is 8.51. The fourth-order valence-corrected chi connectivity index (χ4v) is 2.58. The highest BCUT2D eigenvalue weighted by Crippen LogP contribution is 2.22. The first-order valence-corrected chi connectivity index (χ1v) is 7.13. The summed E-state index contributed by atoms with van der Waals surface area (Å²) in [7, 11) is 0. The third-order valence-corrected chi connectivity index (χ3v) is 3.76. The maximum atomic E-state index is 10.3. The molecule has 2 N–H and O–H groups in total. The van der Waals surface area contributed by atoms with Gasteiger partial charge in [0.2, 0.25) is 0 Å². The number of carboxylic acids is 1. The van der Waals surface area contributed by atoms with E-state index in [1.807, 2.05) is 0 Å². The predicted molar refractivity (Wildman–Crippen MR) is 70.1 cm³/mol. The van der Waals surface area contributed by atoms with Crippen LogP contribution in [0.1, 0.15) is 64.7 Å². The smallest absolute Gasteiger partial charge is 0.303 e. The van der Waals surface area contributed by atoms with E-state index in [2.05, 4.69) is 12.2 Å². The summed E-state index contributed by atoms with van der Waals surface area (Å²) >= 11 is 0. The molecule has 0 saturated heterocycles. The zero-order chi connectivity index (χ0) is 12.5. The van der Waals surface area contributed by atoms with Crippen molar-refractivity contribution in [3.05, 3.63) is 0 Å². The molecule has 0 radical (unpaired) electrons. The highest BCUT2D eigenvalue weighted by Gasteiger charge is 2.14. The minimum Gasteiger partial charge on any atom is -0.481 e. The van der Waals surface area contributed by atoms with E-state index in [0.29, 0.717) is 12.5 Å². The second-order valence-electron chi connectivity index (χ2n) is 5.47. The van der Waals surface area contributed by atoms with E-state index in [9.17, 15) is 4.79 Å². The van der Waals surface area contributed by atoms with Crippen molar-refractivity contribution in [1.82, 2.24) is 5.32 Å². The van der Waals surface area contributed by atoms with Gasteiger partial charge in [-0.15, -0.1) is 0 Å². The molecule has 1 fully saturated rings. The first-order chi connectivity index (χ1) is 8.18. The van der Waals surface area contributed by atoms with Crippen LogP contribution in [-0.4, -0.2) is 23.7 Å². The van der Waals surface area contributed by atoms with Crippen LogP contribution in [0, 0.1) is 5.92 Å². The van der Waals surface area contributed by atoms with Crippen LogP contribution in [0.3, 0.4) is 0 Å². The first-order valence-electron chi connectivity index (χ1n) is 7.13. The van der Waals surface area contributed by atoms with Gasteiger partial charge in [0.15, 0.2) is 0 Å². The van der Waals surface area contributed by atoms with Gasteiger partial charge in [-0.05, 0) is 44.6 Å². The van der Waals surface area contributed by atoms with Gasteiger partial charge in [-0.1, -0.05) is 26.2 Å². The topological polar surface area (TPSA) is 49.3 Å². The van der Waals surface area contributed by atoms with E-state index in [-0.39, 0.29) is 0 Å². The van der Waals surface area contributed by atoms with Crippen LogP contribution in [0.4, 0.5) is 0 Å². The van der Waals surface area contributed by atoms with E-state index >= 15 is 0 Å². The molecule has 0 aromatic heterocycles. The first kappa shape index (κ1) is 14.5. The third-order valence-electron chi connectivity index (χ3n) is 3.76. The number of carboxylic acid groups (broad SMARTS) is 1. The summed E-state index contributed by atoms with van der Waals surface area (Å²) in [6.45, 7) is 3.41. The lowest BCUT2D eigenvalue weighted by Crippen LogP contribution is -2.29. The molecule has 0 heterocycles. The van der Waals surface area contributed by atoms with Gasteiger partial charge in [0.05, 0.1) is 0 Å². The maximum Gasteiger partial charge on any atom is 0.303 e. The number of hydrogen-bond acceptors (Lipinski definition) is 2. The van der Waals surface area contributed by atoms with Gasteiger partial charge >= 0.3 is 5.97 Å². The fraction of sp³-hybridized carbons (Fsp3) is 0.929. The Morgan fingerprint density at radius 1 is 1.18 bits per heavy atom. The fourth-order valence-electron chi connectivity index (χ4n) is 2.58. The van der Waals surface area contributed by atoms with E-state index in [1.54, 1.807) is 0 Å². The Labute approximate surface area is 105 Å². The van der Waals surface area contributed by atoms with Gasteiger partial charge in [-0.2, -0.15) is 0 Å². The molecule has 100 valence electrons. The molecule has 1 aliphatic carbocycles. The van der Waals surface area contributed by atoms with Gasteiger partial charge < -0.3 is 10.4 Å². The molecule has 0 amide bonds. The number of nitrogens with one attached hydrogen (secondary N) is 1. The molecule has 17 heavy (non-hydrogen) atoms. The van der Waals surface area contributed by atoms with Gasteiger partial charge in [0, 0.05) is 12.5 Å². The summed E-state index contributed by atoms with van der Waals surface area (Å²) in [5.74, 6) is 0.230. The molecular weight excluding hydrogens is 214 g/mol. The van der Waals surface area contributed by atoms with Gasteiger partial charge in [0.1, 0.15) is 0 Å². The minimum atomic E-state index is -0.671. The lowest BCUT2D eigenvalue weighted by Gasteiger charge is -2.16. The molecule has 2 unspecified atom stereocenters. The van der Waals surface area contributed by atoms with Crippen LogP contribution >= 0.6 is 0 Å². The Morgan fingerprint density at radius 3 is 2.76 bits per heavy atom. The maximum absolute atomic E-state index is 10.3. The number of unbranched alkanes of at least 4 members (excludes halogenated alkanes) is 2. The Bertz CT molecular complexity index is 218. The molecule has 1 rings (SSSR count). The van der Waals surface area contributed by atoms with Crippen LogP contribution in [-0.2, 0) is 4.79 Å². The summed E-state index contributed by atoms with van der Waals surface area (Å²) in [5, 5.41) is 12.1. The average molecular weight is 241 g/mol. The van der Waals surface area contributed by atoms with Crippen molar-refractivity contribution in [2.75, 3.05) is 6.54 Å². The van der Waals surface area contributed by atoms with Crippen molar-refractivity contribution in [3.63, 3.8) is 0 Å². The van der Waals surface area contributed by atoms with E-state index in [0.717, 1.165) is 31.7 Å². The van der Waals surface area contributed by atoms with Crippen molar-refractivity contribution >= 4 is 5.97 Å². The molecule has 1 saturated carbocycles. The quantitative estimate of drug-likeness (QED) is 0.531. The van der Waals surface area contributed by atoms with Crippen molar-refractivity contribution in [2.24, 2.45) is 5.92 Å². The monoisotopic (exact) mass is 241 g/mol. The zero-order valence-corrected chi connectivity index (χ0v) is 11.1. The molecule has 1 aliphatic rings. The number of aliphatic carboxylic acids is 1. The summed E-state index contributed by atoms with van der Waals surface area (Å²) in [5.41, 5.74) is 0. The third kappa shape index (κ3) is 7.37. The average Bonchev–Trinajstić information content (AvgIpc) is 2.48. The molecule has 0 spiro atoms. The molecular formula is C14H27NO2. The number of rotatable bonds is 7. The normalized spacial score (nSPS) is 25.5. The van der Waals surface area contributed by atoms with Gasteiger partial charge in [-0.3, -0.25) is 4.79 Å². The SMILES string of the molecule is CC1CCCC(NCCCCCC(=O)O)CC1. The van der Waals surface area contributed by atoms with E-state index in [4.69, 9.17) is 5.11 Å². The van der Waals surface area contributed by atoms with Gasteiger partial charge in [-0.25, -0.2) is 0 Å². The molecule has 2 atom stereocenters.